The normalized spacial score (nSPS) is 24.1. The van der Waals surface area contributed by atoms with Crippen molar-refractivity contribution < 1.29 is 0 Å². The van der Waals surface area contributed by atoms with E-state index < -0.39 is 0 Å². The fourth-order valence-corrected chi connectivity index (χ4v) is 3.73. The highest BCUT2D eigenvalue weighted by molar-refractivity contribution is 9.10. The van der Waals surface area contributed by atoms with Crippen LogP contribution in [0.4, 0.5) is 0 Å². The van der Waals surface area contributed by atoms with Crippen molar-refractivity contribution in [3.63, 3.8) is 0 Å². The molecular formula is C16H20BrN3. The van der Waals surface area contributed by atoms with Crippen molar-refractivity contribution in [2.24, 2.45) is 5.73 Å². The second-order valence-electron chi connectivity index (χ2n) is 5.42. The van der Waals surface area contributed by atoms with Gasteiger partial charge in [0.1, 0.15) is 0 Å². The minimum atomic E-state index is 0.190. The molecule has 106 valence electrons. The van der Waals surface area contributed by atoms with Crippen LogP contribution in [0, 0.1) is 0 Å². The number of benzene rings is 1. The monoisotopic (exact) mass is 333 g/mol. The number of hydrogen-bond acceptors (Lipinski definition) is 3. The quantitative estimate of drug-likeness (QED) is 0.914. The molecule has 2 atom stereocenters. The van der Waals surface area contributed by atoms with Crippen LogP contribution in [-0.2, 0) is 0 Å². The van der Waals surface area contributed by atoms with Gasteiger partial charge in [0, 0.05) is 22.1 Å². The maximum Gasteiger partial charge on any atom is 0.0761 e. The molecule has 2 N–H and O–H groups in total. The summed E-state index contributed by atoms with van der Waals surface area (Å²) in [5, 5.41) is 1.17. The van der Waals surface area contributed by atoms with E-state index in [2.05, 4.69) is 50.9 Å². The van der Waals surface area contributed by atoms with Gasteiger partial charge in [0.25, 0.3) is 0 Å². The van der Waals surface area contributed by atoms with E-state index in [1.54, 1.807) is 0 Å². The first-order valence-corrected chi connectivity index (χ1v) is 8.04. The third-order valence-electron chi connectivity index (χ3n) is 4.25. The molecule has 1 aromatic heterocycles. The fourth-order valence-electron chi connectivity index (χ4n) is 3.28. The van der Waals surface area contributed by atoms with Gasteiger partial charge < -0.3 is 5.73 Å². The molecule has 0 bridgehead atoms. The van der Waals surface area contributed by atoms with Crippen LogP contribution in [-0.4, -0.2) is 29.0 Å². The maximum atomic E-state index is 6.42. The molecule has 0 radical (unpaired) electrons. The molecule has 2 aromatic rings. The Balaban J connectivity index is 2.15. The van der Waals surface area contributed by atoms with Crippen molar-refractivity contribution in [2.45, 2.75) is 31.8 Å². The molecule has 1 aromatic carbocycles. The SMILES string of the molecule is CCN1CCCC(N)C1c1ccc(Br)c2cccnc12. The largest absolute Gasteiger partial charge is 0.326 e. The molecule has 0 aliphatic carbocycles. The zero-order chi connectivity index (χ0) is 14.1. The lowest BCUT2D eigenvalue weighted by molar-refractivity contribution is 0.137. The summed E-state index contributed by atoms with van der Waals surface area (Å²) in [6.07, 6.45) is 4.14. The summed E-state index contributed by atoms with van der Waals surface area (Å²) in [5.74, 6) is 0. The zero-order valence-corrected chi connectivity index (χ0v) is 13.3. The van der Waals surface area contributed by atoms with Crippen LogP contribution >= 0.6 is 15.9 Å². The fraction of sp³-hybridized carbons (Fsp3) is 0.438. The minimum Gasteiger partial charge on any atom is -0.326 e. The van der Waals surface area contributed by atoms with Crippen LogP contribution in [0.5, 0.6) is 0 Å². The molecule has 1 aliphatic rings. The number of nitrogens with zero attached hydrogens (tertiary/aromatic N) is 2. The van der Waals surface area contributed by atoms with Gasteiger partial charge in [0.2, 0.25) is 0 Å². The Hall–Kier alpha value is -0.970. The Bertz CT molecular complexity index is 614. The zero-order valence-electron chi connectivity index (χ0n) is 11.7. The summed E-state index contributed by atoms with van der Waals surface area (Å²) in [5.41, 5.74) is 8.76. The Morgan fingerprint density at radius 3 is 3.05 bits per heavy atom. The van der Waals surface area contributed by atoms with E-state index in [-0.39, 0.29) is 12.1 Å². The van der Waals surface area contributed by atoms with E-state index in [4.69, 9.17) is 5.73 Å². The number of likely N-dealkylation sites (tertiary alicyclic amines) is 1. The van der Waals surface area contributed by atoms with Crippen LogP contribution < -0.4 is 5.73 Å². The van der Waals surface area contributed by atoms with Gasteiger partial charge in [-0.1, -0.05) is 35.0 Å². The third kappa shape index (κ3) is 2.36. The summed E-state index contributed by atoms with van der Waals surface area (Å²) in [7, 11) is 0. The topological polar surface area (TPSA) is 42.1 Å². The smallest absolute Gasteiger partial charge is 0.0761 e. The molecule has 0 spiro atoms. The number of likely N-dealkylation sites (N-methyl/N-ethyl adjacent to an activating group) is 1. The van der Waals surface area contributed by atoms with Crippen LogP contribution in [0.15, 0.2) is 34.9 Å². The number of fused-ring (bicyclic) bond motifs is 1. The Labute approximate surface area is 128 Å². The number of halogens is 1. The Morgan fingerprint density at radius 1 is 1.40 bits per heavy atom. The molecule has 20 heavy (non-hydrogen) atoms. The van der Waals surface area contributed by atoms with Crippen LogP contribution in [0.3, 0.4) is 0 Å². The van der Waals surface area contributed by atoms with Crippen molar-refractivity contribution in [3.8, 4) is 0 Å². The van der Waals surface area contributed by atoms with E-state index in [9.17, 15) is 0 Å². The first-order chi connectivity index (χ1) is 9.72. The average molecular weight is 334 g/mol. The third-order valence-corrected chi connectivity index (χ3v) is 4.95. The molecule has 1 saturated heterocycles. The van der Waals surface area contributed by atoms with E-state index in [1.807, 2.05) is 12.3 Å². The van der Waals surface area contributed by atoms with E-state index >= 15 is 0 Å². The van der Waals surface area contributed by atoms with Gasteiger partial charge in [-0.2, -0.15) is 0 Å². The van der Waals surface area contributed by atoms with Crippen LogP contribution in [0.1, 0.15) is 31.4 Å². The molecule has 1 aliphatic heterocycles. The van der Waals surface area contributed by atoms with Crippen molar-refractivity contribution >= 4 is 26.8 Å². The Morgan fingerprint density at radius 2 is 2.25 bits per heavy atom. The number of pyridine rings is 1. The summed E-state index contributed by atoms with van der Waals surface area (Å²) in [6.45, 7) is 4.36. The van der Waals surface area contributed by atoms with Crippen molar-refractivity contribution in [1.29, 1.82) is 0 Å². The molecule has 0 saturated carbocycles. The van der Waals surface area contributed by atoms with Crippen molar-refractivity contribution in [1.82, 2.24) is 9.88 Å². The van der Waals surface area contributed by atoms with Crippen LogP contribution in [0.2, 0.25) is 0 Å². The average Bonchev–Trinajstić information content (AvgIpc) is 2.48. The van der Waals surface area contributed by atoms with Crippen molar-refractivity contribution in [2.75, 3.05) is 13.1 Å². The first kappa shape index (κ1) is 14.0. The molecule has 1 fully saturated rings. The van der Waals surface area contributed by atoms with Gasteiger partial charge in [-0.05, 0) is 43.6 Å². The molecule has 2 heterocycles. The Kier molecular flexibility index (Phi) is 4.06. The number of hydrogen-bond donors (Lipinski definition) is 1. The summed E-state index contributed by atoms with van der Waals surface area (Å²) < 4.78 is 1.09. The molecule has 3 rings (SSSR count). The van der Waals surface area contributed by atoms with Gasteiger partial charge in [0.05, 0.1) is 11.6 Å². The molecule has 2 unspecified atom stereocenters. The van der Waals surface area contributed by atoms with Crippen molar-refractivity contribution in [3.05, 3.63) is 40.5 Å². The lowest BCUT2D eigenvalue weighted by Gasteiger charge is -2.39. The highest BCUT2D eigenvalue weighted by atomic mass is 79.9. The van der Waals surface area contributed by atoms with E-state index in [0.29, 0.717) is 0 Å². The maximum absolute atomic E-state index is 6.42. The highest BCUT2D eigenvalue weighted by Crippen LogP contribution is 2.35. The second kappa shape index (κ2) is 5.80. The standard InChI is InChI=1S/C16H20BrN3/c1-2-20-10-4-6-14(18)16(20)12-7-8-13(17)11-5-3-9-19-15(11)12/h3,5,7-9,14,16H,2,4,6,10,18H2,1H3. The van der Waals surface area contributed by atoms with E-state index in [0.717, 1.165) is 29.5 Å². The van der Waals surface area contributed by atoms with Gasteiger partial charge in [-0.15, -0.1) is 0 Å². The minimum absolute atomic E-state index is 0.190. The van der Waals surface area contributed by atoms with Gasteiger partial charge in [0.15, 0.2) is 0 Å². The van der Waals surface area contributed by atoms with Crippen LogP contribution in [0.25, 0.3) is 10.9 Å². The van der Waals surface area contributed by atoms with Gasteiger partial charge in [-0.25, -0.2) is 0 Å². The van der Waals surface area contributed by atoms with E-state index in [1.165, 1.54) is 17.4 Å². The predicted molar refractivity (Wildman–Crippen MR) is 86.6 cm³/mol. The molecular weight excluding hydrogens is 314 g/mol. The lowest BCUT2D eigenvalue weighted by atomic mass is 9.89. The number of nitrogens with two attached hydrogens (primary N) is 1. The number of aromatic nitrogens is 1. The predicted octanol–water partition coefficient (Wildman–Crippen LogP) is 3.48. The number of rotatable bonds is 2. The molecule has 0 amide bonds. The summed E-state index contributed by atoms with van der Waals surface area (Å²) in [4.78, 5) is 7.09. The first-order valence-electron chi connectivity index (χ1n) is 7.25. The highest BCUT2D eigenvalue weighted by Gasteiger charge is 2.30. The number of piperidine rings is 1. The molecule has 4 heteroatoms. The summed E-state index contributed by atoms with van der Waals surface area (Å²) in [6, 6.07) is 8.86. The van der Waals surface area contributed by atoms with Gasteiger partial charge in [-0.3, -0.25) is 9.88 Å². The lowest BCUT2D eigenvalue weighted by Crippen LogP contribution is -2.45. The molecule has 3 nitrogen and oxygen atoms in total. The van der Waals surface area contributed by atoms with Gasteiger partial charge >= 0.3 is 0 Å². The second-order valence-corrected chi connectivity index (χ2v) is 6.27. The summed E-state index contributed by atoms with van der Waals surface area (Å²) >= 11 is 3.62.